The third-order valence-corrected chi connectivity index (χ3v) is 7.78. The monoisotopic (exact) mass is 581 g/mol. The maximum atomic E-state index is 13.8. The fraction of sp³-hybridized carbons (Fsp3) is 0.121. The van der Waals surface area contributed by atoms with Gasteiger partial charge in [0, 0.05) is 41.7 Å². The topological polar surface area (TPSA) is 62.2 Å². The summed E-state index contributed by atoms with van der Waals surface area (Å²) in [4.78, 5) is 35.2. The lowest BCUT2D eigenvalue weighted by molar-refractivity contribution is 0.0602. The molecule has 6 nitrogen and oxygen atoms in total. The van der Waals surface area contributed by atoms with Crippen LogP contribution in [0.5, 0.6) is 11.5 Å². The number of carbonyl (C=O) groups excluding carboxylic acids is 2. The van der Waals surface area contributed by atoms with Crippen molar-refractivity contribution in [1.82, 2.24) is 9.80 Å². The van der Waals surface area contributed by atoms with E-state index in [1.165, 1.54) is 4.90 Å². The van der Waals surface area contributed by atoms with Crippen LogP contribution in [0.3, 0.4) is 0 Å². The maximum Gasteiger partial charge on any atom is 0.262 e. The zero-order valence-electron chi connectivity index (χ0n) is 22.4. The molecule has 0 aromatic heterocycles. The molecule has 5 aromatic rings. The van der Waals surface area contributed by atoms with E-state index in [0.29, 0.717) is 56.8 Å². The number of imide groups is 1. The number of ether oxygens (including phenoxy) is 1. The maximum absolute atomic E-state index is 13.8. The lowest BCUT2D eigenvalue weighted by Crippen LogP contribution is -2.43. The van der Waals surface area contributed by atoms with Gasteiger partial charge in [0.15, 0.2) is 0 Å². The zero-order valence-corrected chi connectivity index (χ0v) is 23.9. The van der Waals surface area contributed by atoms with E-state index >= 15 is 0 Å². The summed E-state index contributed by atoms with van der Waals surface area (Å²) in [5, 5.41) is 4.01. The first-order chi connectivity index (χ1) is 19.8. The van der Waals surface area contributed by atoms with E-state index < -0.39 is 0 Å². The zero-order chi connectivity index (χ0) is 28.7. The van der Waals surface area contributed by atoms with E-state index in [1.54, 1.807) is 30.5 Å². The van der Waals surface area contributed by atoms with Gasteiger partial charge in [0.1, 0.15) is 11.5 Å². The van der Waals surface area contributed by atoms with Crippen molar-refractivity contribution in [3.05, 3.63) is 112 Å². The van der Waals surface area contributed by atoms with Gasteiger partial charge in [-0.2, -0.15) is 0 Å². The van der Waals surface area contributed by atoms with E-state index in [4.69, 9.17) is 32.9 Å². The van der Waals surface area contributed by atoms with Crippen LogP contribution in [0.25, 0.3) is 21.5 Å². The Morgan fingerprint density at radius 2 is 1.61 bits per heavy atom. The Balaban J connectivity index is 1.39. The minimum Gasteiger partial charge on any atom is -0.457 e. The molecule has 0 aliphatic carbocycles. The van der Waals surface area contributed by atoms with Gasteiger partial charge in [0.2, 0.25) is 0 Å². The van der Waals surface area contributed by atoms with Gasteiger partial charge >= 0.3 is 0 Å². The number of likely N-dealkylation sites (N-methyl/N-ethyl adjacent to an activating group) is 1. The van der Waals surface area contributed by atoms with E-state index in [2.05, 4.69) is 0 Å². The highest BCUT2D eigenvalue weighted by Crippen LogP contribution is 2.39. The molecular formula is C33H25Cl2N3O3. The Morgan fingerprint density at radius 3 is 2.41 bits per heavy atom. The summed E-state index contributed by atoms with van der Waals surface area (Å²) >= 11 is 12.1. The summed E-state index contributed by atoms with van der Waals surface area (Å²) in [6.07, 6.45) is 1.76. The quantitative estimate of drug-likeness (QED) is 0.111. The largest absolute Gasteiger partial charge is 0.457 e. The number of hydrogen-bond donors (Lipinski definition) is 0. The van der Waals surface area contributed by atoms with Crippen LogP contribution >= 0.6 is 23.2 Å². The lowest BCUT2D eigenvalue weighted by Gasteiger charge is -2.29. The molecule has 1 heterocycles. The Bertz CT molecular complexity index is 1880. The second-order valence-electron chi connectivity index (χ2n) is 10.1. The second kappa shape index (κ2) is 11.0. The molecule has 0 N–H and O–H groups in total. The van der Waals surface area contributed by atoms with Crippen molar-refractivity contribution in [3.63, 3.8) is 0 Å². The van der Waals surface area contributed by atoms with Crippen LogP contribution in [0.1, 0.15) is 26.3 Å². The average molecular weight is 582 g/mol. The molecule has 5 aromatic carbocycles. The number of benzene rings is 5. The molecule has 1 aliphatic heterocycles. The minimum atomic E-state index is -0.278. The van der Waals surface area contributed by atoms with Gasteiger partial charge in [-0.1, -0.05) is 59.6 Å². The molecule has 0 fully saturated rings. The Morgan fingerprint density at radius 1 is 0.829 bits per heavy atom. The van der Waals surface area contributed by atoms with Crippen molar-refractivity contribution < 1.29 is 14.3 Å². The third-order valence-electron chi connectivity index (χ3n) is 7.04. The summed E-state index contributed by atoms with van der Waals surface area (Å²) in [6, 6.07) is 26.0. The van der Waals surface area contributed by atoms with Crippen molar-refractivity contribution in [2.75, 3.05) is 27.2 Å². The Hall–Kier alpha value is -4.23. The van der Waals surface area contributed by atoms with E-state index in [1.807, 2.05) is 79.7 Å². The van der Waals surface area contributed by atoms with Gasteiger partial charge < -0.3 is 9.64 Å². The van der Waals surface area contributed by atoms with Crippen LogP contribution in [0.2, 0.25) is 10.0 Å². The first-order valence-electron chi connectivity index (χ1n) is 13.1. The number of amides is 2. The van der Waals surface area contributed by atoms with Crippen molar-refractivity contribution in [1.29, 1.82) is 0 Å². The molecule has 0 atom stereocenters. The second-order valence-corrected chi connectivity index (χ2v) is 10.9. The molecular weight excluding hydrogens is 557 g/mol. The van der Waals surface area contributed by atoms with Crippen LogP contribution in [-0.2, 0) is 0 Å². The number of aliphatic imine (C=N–C) groups is 1. The van der Waals surface area contributed by atoms with Crippen molar-refractivity contribution in [3.8, 4) is 11.5 Å². The van der Waals surface area contributed by atoms with Gasteiger partial charge in [-0.25, -0.2) is 0 Å². The minimum absolute atomic E-state index is 0.258. The van der Waals surface area contributed by atoms with Gasteiger partial charge in [0.25, 0.3) is 11.8 Å². The number of fused-ring (bicyclic) bond motifs is 2. The third kappa shape index (κ3) is 5.18. The predicted molar refractivity (Wildman–Crippen MR) is 166 cm³/mol. The van der Waals surface area contributed by atoms with Crippen LogP contribution in [0.4, 0.5) is 5.69 Å². The van der Waals surface area contributed by atoms with Crippen LogP contribution in [0.15, 0.2) is 89.9 Å². The van der Waals surface area contributed by atoms with Crippen LogP contribution in [0, 0.1) is 0 Å². The van der Waals surface area contributed by atoms with Gasteiger partial charge in [-0.3, -0.25) is 19.5 Å². The molecule has 8 heteroatoms. The number of hydrogen-bond acceptors (Lipinski definition) is 5. The molecule has 0 unspecified atom stereocenters. The average Bonchev–Trinajstić information content (AvgIpc) is 2.96. The standard InChI is InChI=1S/C33H25Cl2N3O3/c1-37(2)14-15-38-32(39)25-10-4-7-21-17-26-24(31(30(21)25)33(38)40)9-5-11-29(26)36-19-20-6-3-8-22(16-20)41-23-12-13-27(34)28(35)18-23/h3-13,16-19H,14-15H2,1-2H3/b36-19-. The van der Waals surface area contributed by atoms with E-state index in [0.717, 1.165) is 21.7 Å². The molecule has 6 rings (SSSR count). The van der Waals surface area contributed by atoms with Crippen molar-refractivity contribution in [2.24, 2.45) is 4.99 Å². The molecule has 0 radical (unpaired) electrons. The highest BCUT2D eigenvalue weighted by atomic mass is 35.5. The Labute approximate surface area is 247 Å². The predicted octanol–water partition coefficient (Wildman–Crippen LogP) is 8.00. The van der Waals surface area contributed by atoms with Crippen molar-refractivity contribution in [2.45, 2.75) is 0 Å². The highest BCUT2D eigenvalue weighted by molar-refractivity contribution is 6.42. The molecule has 0 spiro atoms. The Kier molecular flexibility index (Phi) is 7.22. The van der Waals surface area contributed by atoms with Gasteiger partial charge in [0.05, 0.1) is 21.3 Å². The fourth-order valence-electron chi connectivity index (χ4n) is 5.05. The molecule has 1 aliphatic rings. The van der Waals surface area contributed by atoms with Crippen molar-refractivity contribution >= 4 is 68.5 Å². The lowest BCUT2D eigenvalue weighted by atomic mass is 9.89. The first kappa shape index (κ1) is 27.0. The molecule has 2 amide bonds. The summed E-state index contributed by atoms with van der Waals surface area (Å²) in [6.45, 7) is 0.895. The smallest absolute Gasteiger partial charge is 0.262 e. The van der Waals surface area contributed by atoms with Crippen LogP contribution in [-0.4, -0.2) is 55.0 Å². The molecule has 41 heavy (non-hydrogen) atoms. The molecule has 204 valence electrons. The number of nitrogens with zero attached hydrogens (tertiary/aromatic N) is 3. The van der Waals surface area contributed by atoms with Gasteiger partial charge in [-0.05, 0) is 72.9 Å². The summed E-state index contributed by atoms with van der Waals surface area (Å²) < 4.78 is 5.96. The molecule has 0 saturated heterocycles. The summed E-state index contributed by atoms with van der Waals surface area (Å²) in [5.74, 6) is 0.665. The number of rotatable bonds is 7. The normalized spacial score (nSPS) is 13.2. The summed E-state index contributed by atoms with van der Waals surface area (Å²) in [5.41, 5.74) is 2.64. The highest BCUT2D eigenvalue weighted by Gasteiger charge is 2.34. The van der Waals surface area contributed by atoms with Gasteiger partial charge in [-0.15, -0.1) is 0 Å². The fourth-order valence-corrected chi connectivity index (χ4v) is 5.34. The summed E-state index contributed by atoms with van der Waals surface area (Å²) in [7, 11) is 3.84. The molecule has 0 bridgehead atoms. The number of carbonyl (C=O) groups is 2. The SMILES string of the molecule is CN(C)CCN1C(=O)c2cccc3cc4c(/N=C\c5cccc(Oc6ccc(Cl)c(Cl)c6)c5)cccc4c(c23)C1=O. The van der Waals surface area contributed by atoms with E-state index in [9.17, 15) is 9.59 Å². The van der Waals surface area contributed by atoms with E-state index in [-0.39, 0.29) is 11.8 Å². The number of halogens is 2. The van der Waals surface area contributed by atoms with Crippen LogP contribution < -0.4 is 4.74 Å². The first-order valence-corrected chi connectivity index (χ1v) is 13.8. The molecule has 0 saturated carbocycles.